The van der Waals surface area contributed by atoms with Crippen LogP contribution in [-0.2, 0) is 6.42 Å². The van der Waals surface area contributed by atoms with Gasteiger partial charge in [-0.1, -0.05) is 34.8 Å². The Balaban J connectivity index is 2.37. The first-order chi connectivity index (χ1) is 8.47. The molecule has 0 aliphatic heterocycles. The lowest BCUT2D eigenvalue weighted by Crippen LogP contribution is -2.04. The van der Waals surface area contributed by atoms with Crippen molar-refractivity contribution in [3.8, 4) is 0 Å². The van der Waals surface area contributed by atoms with E-state index in [1.165, 1.54) is 0 Å². The lowest BCUT2D eigenvalue weighted by molar-refractivity contribution is 1.09. The Morgan fingerprint density at radius 3 is 2.28 bits per heavy atom. The number of rotatable bonds is 2. The van der Waals surface area contributed by atoms with Gasteiger partial charge in [0.1, 0.15) is 5.82 Å². The minimum absolute atomic E-state index is 0.136. The number of nitrogens with two attached hydrogens (primary N) is 2. The molecule has 4 nitrogen and oxygen atoms in total. The van der Waals surface area contributed by atoms with E-state index in [0.717, 1.165) is 11.1 Å². The second-order valence-electron chi connectivity index (χ2n) is 3.67. The van der Waals surface area contributed by atoms with Crippen LogP contribution in [0.4, 0.5) is 11.8 Å². The zero-order valence-electron chi connectivity index (χ0n) is 9.12. The Labute approximate surface area is 119 Å². The zero-order valence-corrected chi connectivity index (χ0v) is 11.4. The zero-order chi connectivity index (χ0) is 13.3. The molecule has 7 heteroatoms. The summed E-state index contributed by atoms with van der Waals surface area (Å²) in [6, 6.07) is 3.29. The maximum Gasteiger partial charge on any atom is 0.221 e. The molecule has 1 heterocycles. The molecule has 0 unspecified atom stereocenters. The van der Waals surface area contributed by atoms with Gasteiger partial charge in [0.25, 0.3) is 0 Å². The van der Waals surface area contributed by atoms with E-state index in [1.54, 1.807) is 18.3 Å². The molecular weight excluding hydrogens is 295 g/mol. The van der Waals surface area contributed by atoms with Gasteiger partial charge in [0, 0.05) is 23.2 Å². The standard InChI is InChI=1S/C11H9Cl3N4/c12-7-3-9(14)8(13)2-5(7)1-6-4-17-11(16)18-10(6)15/h2-4H,1H2,(H4,15,16,17,18). The molecule has 1 aromatic carbocycles. The highest BCUT2D eigenvalue weighted by atomic mass is 35.5. The van der Waals surface area contributed by atoms with Gasteiger partial charge in [-0.2, -0.15) is 4.98 Å². The largest absolute Gasteiger partial charge is 0.383 e. The number of anilines is 2. The van der Waals surface area contributed by atoms with Crippen molar-refractivity contribution < 1.29 is 0 Å². The molecule has 0 atom stereocenters. The predicted molar refractivity (Wildman–Crippen MR) is 75.1 cm³/mol. The van der Waals surface area contributed by atoms with Crippen molar-refractivity contribution in [2.45, 2.75) is 6.42 Å². The third-order valence-electron chi connectivity index (χ3n) is 2.39. The number of nitrogen functional groups attached to an aromatic ring is 2. The van der Waals surface area contributed by atoms with E-state index in [2.05, 4.69) is 9.97 Å². The Bertz CT molecular complexity index is 601. The van der Waals surface area contributed by atoms with E-state index in [1.807, 2.05) is 0 Å². The van der Waals surface area contributed by atoms with Crippen LogP contribution in [0.1, 0.15) is 11.1 Å². The number of aromatic nitrogens is 2. The van der Waals surface area contributed by atoms with Crippen molar-refractivity contribution >= 4 is 46.6 Å². The summed E-state index contributed by atoms with van der Waals surface area (Å²) in [5, 5.41) is 1.36. The summed E-state index contributed by atoms with van der Waals surface area (Å²) in [4.78, 5) is 7.77. The van der Waals surface area contributed by atoms with Gasteiger partial charge in [-0.3, -0.25) is 0 Å². The molecule has 0 aliphatic rings. The number of benzene rings is 1. The lowest BCUT2D eigenvalue weighted by Gasteiger charge is -2.08. The number of halogens is 3. The monoisotopic (exact) mass is 302 g/mol. The summed E-state index contributed by atoms with van der Waals surface area (Å²) >= 11 is 17.9. The average molecular weight is 304 g/mol. The molecule has 0 amide bonds. The topological polar surface area (TPSA) is 77.8 Å². The molecule has 94 valence electrons. The van der Waals surface area contributed by atoms with Gasteiger partial charge in [0.15, 0.2) is 0 Å². The second kappa shape index (κ2) is 5.18. The first kappa shape index (κ1) is 13.2. The number of hydrogen-bond acceptors (Lipinski definition) is 4. The van der Waals surface area contributed by atoms with Crippen molar-refractivity contribution in [2.24, 2.45) is 0 Å². The molecule has 0 fully saturated rings. The highest BCUT2D eigenvalue weighted by Gasteiger charge is 2.09. The van der Waals surface area contributed by atoms with Crippen LogP contribution < -0.4 is 11.5 Å². The van der Waals surface area contributed by atoms with Crippen LogP contribution >= 0.6 is 34.8 Å². The summed E-state index contributed by atoms with van der Waals surface area (Å²) in [5.41, 5.74) is 12.7. The summed E-state index contributed by atoms with van der Waals surface area (Å²) in [5.74, 6) is 0.459. The van der Waals surface area contributed by atoms with Crippen LogP contribution in [-0.4, -0.2) is 9.97 Å². The van der Waals surface area contributed by atoms with Crippen molar-refractivity contribution in [3.63, 3.8) is 0 Å². The van der Waals surface area contributed by atoms with E-state index in [9.17, 15) is 0 Å². The van der Waals surface area contributed by atoms with Gasteiger partial charge in [0.05, 0.1) is 10.0 Å². The SMILES string of the molecule is Nc1ncc(Cc2cc(Cl)c(Cl)cc2Cl)c(N)n1. The molecule has 0 bridgehead atoms. The van der Waals surface area contributed by atoms with E-state index in [-0.39, 0.29) is 5.95 Å². The maximum atomic E-state index is 6.09. The summed E-state index contributed by atoms with van der Waals surface area (Å²) < 4.78 is 0. The van der Waals surface area contributed by atoms with Crippen LogP contribution in [0.3, 0.4) is 0 Å². The summed E-state index contributed by atoms with van der Waals surface area (Å²) in [6.07, 6.45) is 2.03. The molecule has 2 rings (SSSR count). The fourth-order valence-corrected chi connectivity index (χ4v) is 2.11. The Morgan fingerprint density at radius 1 is 0.944 bits per heavy atom. The summed E-state index contributed by atoms with van der Waals surface area (Å²) in [7, 11) is 0. The first-order valence-electron chi connectivity index (χ1n) is 4.97. The third kappa shape index (κ3) is 2.77. The molecular formula is C11H9Cl3N4. The molecule has 0 aliphatic carbocycles. The smallest absolute Gasteiger partial charge is 0.221 e. The van der Waals surface area contributed by atoms with Crippen LogP contribution in [0.2, 0.25) is 15.1 Å². The molecule has 0 spiro atoms. The minimum Gasteiger partial charge on any atom is -0.383 e. The first-order valence-corrected chi connectivity index (χ1v) is 6.11. The quantitative estimate of drug-likeness (QED) is 0.835. The van der Waals surface area contributed by atoms with E-state index in [4.69, 9.17) is 46.3 Å². The van der Waals surface area contributed by atoms with E-state index >= 15 is 0 Å². The maximum absolute atomic E-state index is 6.09. The van der Waals surface area contributed by atoms with Crippen LogP contribution in [0, 0.1) is 0 Å². The van der Waals surface area contributed by atoms with E-state index in [0.29, 0.717) is 27.3 Å². The van der Waals surface area contributed by atoms with Gasteiger partial charge in [0.2, 0.25) is 5.95 Å². The van der Waals surface area contributed by atoms with Crippen LogP contribution in [0.5, 0.6) is 0 Å². The van der Waals surface area contributed by atoms with Gasteiger partial charge < -0.3 is 11.5 Å². The normalized spacial score (nSPS) is 10.6. The van der Waals surface area contributed by atoms with E-state index < -0.39 is 0 Å². The molecule has 18 heavy (non-hydrogen) atoms. The highest BCUT2D eigenvalue weighted by molar-refractivity contribution is 6.43. The fraction of sp³-hybridized carbons (Fsp3) is 0.0909. The molecule has 0 saturated carbocycles. The van der Waals surface area contributed by atoms with Gasteiger partial charge in [-0.05, 0) is 17.7 Å². The minimum atomic E-state index is 0.136. The molecule has 4 N–H and O–H groups in total. The van der Waals surface area contributed by atoms with Crippen LogP contribution in [0.25, 0.3) is 0 Å². The number of nitrogens with zero attached hydrogens (tertiary/aromatic N) is 2. The van der Waals surface area contributed by atoms with Gasteiger partial charge >= 0.3 is 0 Å². The fourth-order valence-electron chi connectivity index (χ4n) is 1.47. The van der Waals surface area contributed by atoms with Crippen molar-refractivity contribution in [3.05, 3.63) is 44.5 Å². The Morgan fingerprint density at radius 2 is 1.61 bits per heavy atom. The van der Waals surface area contributed by atoms with Crippen molar-refractivity contribution in [1.82, 2.24) is 9.97 Å². The third-order valence-corrected chi connectivity index (χ3v) is 3.46. The molecule has 0 radical (unpaired) electrons. The molecule has 2 aromatic rings. The lowest BCUT2D eigenvalue weighted by atomic mass is 10.1. The highest BCUT2D eigenvalue weighted by Crippen LogP contribution is 2.30. The average Bonchev–Trinajstić information content (AvgIpc) is 2.29. The molecule has 0 saturated heterocycles. The summed E-state index contributed by atoms with van der Waals surface area (Å²) in [6.45, 7) is 0. The number of hydrogen-bond donors (Lipinski definition) is 2. The van der Waals surface area contributed by atoms with Crippen molar-refractivity contribution in [2.75, 3.05) is 11.5 Å². The van der Waals surface area contributed by atoms with Crippen molar-refractivity contribution in [1.29, 1.82) is 0 Å². The Hall–Kier alpha value is -1.23. The van der Waals surface area contributed by atoms with Gasteiger partial charge in [-0.25, -0.2) is 4.98 Å². The van der Waals surface area contributed by atoms with Crippen LogP contribution in [0.15, 0.2) is 18.3 Å². The predicted octanol–water partition coefficient (Wildman–Crippen LogP) is 3.19. The Kier molecular flexibility index (Phi) is 3.80. The second-order valence-corrected chi connectivity index (χ2v) is 4.89. The molecule has 1 aromatic heterocycles. The van der Waals surface area contributed by atoms with Gasteiger partial charge in [-0.15, -0.1) is 0 Å².